The molecule has 0 saturated carbocycles. The molecule has 30 heavy (non-hydrogen) atoms. The molecule has 0 heterocycles. The van der Waals surface area contributed by atoms with E-state index >= 15 is 0 Å². The van der Waals surface area contributed by atoms with Crippen LogP contribution in [0.25, 0.3) is 0 Å². The third-order valence-electron chi connectivity index (χ3n) is 4.59. The molecule has 0 saturated heterocycles. The maximum Gasteiger partial charge on any atom is 0.254 e. The SMILES string of the molecule is CC(C)OC(N)=S.CCCCCCCCCCCCCCCCCCOC(N)=S.[Zn]. The number of hydrogen-bond donors (Lipinski definition) is 2. The molecule has 0 atom stereocenters. The van der Waals surface area contributed by atoms with E-state index in [-0.39, 0.29) is 35.9 Å². The Kier molecular flexibility index (Phi) is 33.5. The van der Waals surface area contributed by atoms with Gasteiger partial charge in [-0.05, 0) is 44.7 Å². The number of rotatable bonds is 18. The van der Waals surface area contributed by atoms with E-state index < -0.39 is 0 Å². The van der Waals surface area contributed by atoms with Gasteiger partial charge in [-0.3, -0.25) is 0 Å². The smallest absolute Gasteiger partial charge is 0.254 e. The van der Waals surface area contributed by atoms with Gasteiger partial charge in [-0.15, -0.1) is 0 Å². The summed E-state index contributed by atoms with van der Waals surface area (Å²) in [6, 6.07) is 0. The standard InChI is InChI=1S/C19H39NOS.C4H9NOS.Zn/c1-2-3-4-5-6-7-8-9-10-11-12-13-14-15-16-17-18-21-19(20)22;1-3(2)6-4(5)7;/h2-18H2,1H3,(H2,20,22);3H,1-2H3,(H2,5,7);. The average molecular weight is 514 g/mol. The summed E-state index contributed by atoms with van der Waals surface area (Å²) in [4.78, 5) is 0. The molecule has 0 aliphatic carbocycles. The minimum absolute atomic E-state index is 0. The molecule has 7 heteroatoms. The summed E-state index contributed by atoms with van der Waals surface area (Å²) in [6.07, 6.45) is 22.3. The van der Waals surface area contributed by atoms with Gasteiger partial charge in [-0.25, -0.2) is 0 Å². The van der Waals surface area contributed by atoms with E-state index in [0.717, 1.165) is 6.42 Å². The monoisotopic (exact) mass is 512 g/mol. The fraction of sp³-hybridized carbons (Fsp3) is 0.913. The van der Waals surface area contributed by atoms with Crippen LogP contribution in [0.4, 0.5) is 0 Å². The van der Waals surface area contributed by atoms with E-state index in [1.54, 1.807) is 0 Å². The van der Waals surface area contributed by atoms with E-state index in [4.69, 9.17) is 20.9 Å². The molecule has 0 unspecified atom stereocenters. The summed E-state index contributed by atoms with van der Waals surface area (Å²) in [5.41, 5.74) is 10.3. The summed E-state index contributed by atoms with van der Waals surface area (Å²) in [5.74, 6) is 0. The minimum atomic E-state index is 0. The summed E-state index contributed by atoms with van der Waals surface area (Å²) in [6.45, 7) is 6.72. The van der Waals surface area contributed by atoms with Crippen LogP contribution in [0, 0.1) is 0 Å². The molecule has 0 radical (unpaired) electrons. The first-order valence-electron chi connectivity index (χ1n) is 11.8. The van der Waals surface area contributed by atoms with E-state index in [0.29, 0.717) is 6.61 Å². The van der Waals surface area contributed by atoms with Crippen molar-refractivity contribution in [2.45, 2.75) is 130 Å². The Balaban J connectivity index is -0.000000779. The Morgan fingerprint density at radius 2 is 0.967 bits per heavy atom. The zero-order valence-electron chi connectivity index (χ0n) is 20.1. The molecule has 0 aromatic rings. The van der Waals surface area contributed by atoms with Crippen molar-refractivity contribution in [3.8, 4) is 0 Å². The van der Waals surface area contributed by atoms with Crippen LogP contribution < -0.4 is 11.5 Å². The zero-order valence-corrected chi connectivity index (χ0v) is 24.7. The number of nitrogens with two attached hydrogens (primary N) is 2. The molecule has 0 rings (SSSR count). The van der Waals surface area contributed by atoms with Gasteiger partial charge in [0, 0.05) is 19.5 Å². The summed E-state index contributed by atoms with van der Waals surface area (Å²) >= 11 is 9.09. The maximum absolute atomic E-state index is 5.27. The molecule has 0 aromatic carbocycles. The summed E-state index contributed by atoms with van der Waals surface area (Å²) in [5, 5.41) is 0.302. The normalized spacial score (nSPS) is 10.0. The molecule has 0 amide bonds. The van der Waals surface area contributed by atoms with Gasteiger partial charge in [-0.2, -0.15) is 0 Å². The molecular weight excluding hydrogens is 466 g/mol. The molecule has 0 aromatic heterocycles. The predicted octanol–water partition coefficient (Wildman–Crippen LogP) is 7.16. The topological polar surface area (TPSA) is 70.5 Å². The van der Waals surface area contributed by atoms with E-state index in [1.165, 1.54) is 96.3 Å². The Labute approximate surface area is 210 Å². The fourth-order valence-electron chi connectivity index (χ4n) is 3.06. The van der Waals surface area contributed by atoms with Crippen LogP contribution in [0.15, 0.2) is 0 Å². The summed E-state index contributed by atoms with van der Waals surface area (Å²) in [7, 11) is 0. The fourth-order valence-corrected chi connectivity index (χ4v) is 3.33. The molecule has 0 aliphatic heterocycles. The van der Waals surface area contributed by atoms with Gasteiger partial charge in [0.2, 0.25) is 0 Å². The quantitative estimate of drug-likeness (QED) is 0.115. The van der Waals surface area contributed by atoms with Crippen LogP contribution in [0.3, 0.4) is 0 Å². The molecule has 0 spiro atoms. The van der Waals surface area contributed by atoms with Crippen molar-refractivity contribution >= 4 is 34.8 Å². The molecule has 0 bridgehead atoms. The van der Waals surface area contributed by atoms with Gasteiger partial charge in [0.1, 0.15) is 0 Å². The van der Waals surface area contributed by atoms with Crippen LogP contribution in [0.2, 0.25) is 0 Å². The molecule has 4 N–H and O–H groups in total. The van der Waals surface area contributed by atoms with Crippen molar-refractivity contribution in [3.63, 3.8) is 0 Å². The van der Waals surface area contributed by atoms with Crippen molar-refractivity contribution in [1.82, 2.24) is 0 Å². The van der Waals surface area contributed by atoms with Crippen molar-refractivity contribution in [2.75, 3.05) is 6.61 Å². The zero-order chi connectivity index (χ0) is 22.2. The van der Waals surface area contributed by atoms with Crippen LogP contribution in [0.5, 0.6) is 0 Å². The number of unbranched alkanes of at least 4 members (excludes halogenated alkanes) is 15. The van der Waals surface area contributed by atoms with Crippen LogP contribution in [-0.2, 0) is 29.0 Å². The van der Waals surface area contributed by atoms with Gasteiger partial charge in [0.15, 0.2) is 0 Å². The van der Waals surface area contributed by atoms with Gasteiger partial charge < -0.3 is 20.9 Å². The van der Waals surface area contributed by atoms with Crippen molar-refractivity contribution in [2.24, 2.45) is 11.5 Å². The second-order valence-electron chi connectivity index (χ2n) is 7.96. The van der Waals surface area contributed by atoms with Crippen molar-refractivity contribution in [3.05, 3.63) is 0 Å². The number of thiocarbonyl (C=S) groups is 2. The maximum atomic E-state index is 5.27. The minimum Gasteiger partial charge on any atom is -0.471 e. The summed E-state index contributed by atoms with van der Waals surface area (Å²) < 4.78 is 9.83. The second-order valence-corrected chi connectivity index (χ2v) is 8.76. The van der Waals surface area contributed by atoms with Gasteiger partial charge in [0.05, 0.1) is 12.7 Å². The van der Waals surface area contributed by atoms with Crippen molar-refractivity contribution in [1.29, 1.82) is 0 Å². The Morgan fingerprint density at radius 1 is 0.633 bits per heavy atom. The van der Waals surface area contributed by atoms with Crippen LogP contribution >= 0.6 is 24.4 Å². The van der Waals surface area contributed by atoms with E-state index in [9.17, 15) is 0 Å². The molecule has 0 aliphatic rings. The second kappa shape index (κ2) is 29.0. The predicted molar refractivity (Wildman–Crippen MR) is 135 cm³/mol. The number of ether oxygens (including phenoxy) is 2. The first-order chi connectivity index (χ1) is 13.9. The Bertz CT molecular complexity index is 373. The number of hydrogen-bond acceptors (Lipinski definition) is 4. The van der Waals surface area contributed by atoms with E-state index in [2.05, 4.69) is 31.4 Å². The van der Waals surface area contributed by atoms with Crippen molar-refractivity contribution < 1.29 is 29.0 Å². The van der Waals surface area contributed by atoms with Gasteiger partial charge in [-0.1, -0.05) is 103 Å². The third kappa shape index (κ3) is 38.6. The third-order valence-corrected chi connectivity index (χ3v) is 4.81. The average Bonchev–Trinajstić information content (AvgIpc) is 2.63. The first-order valence-corrected chi connectivity index (χ1v) is 12.6. The first kappa shape index (κ1) is 34.6. The van der Waals surface area contributed by atoms with Crippen LogP contribution in [-0.4, -0.2) is 23.1 Å². The van der Waals surface area contributed by atoms with Gasteiger partial charge >= 0.3 is 0 Å². The molecule has 176 valence electrons. The largest absolute Gasteiger partial charge is 0.471 e. The van der Waals surface area contributed by atoms with Gasteiger partial charge in [0.25, 0.3) is 10.3 Å². The van der Waals surface area contributed by atoms with Crippen LogP contribution in [0.1, 0.15) is 124 Å². The van der Waals surface area contributed by atoms with E-state index in [1.807, 2.05) is 13.8 Å². The molecular formula is C23H48N2O2S2Zn. The Hall–Kier alpha value is 0.00338. The molecule has 4 nitrogen and oxygen atoms in total. The Morgan fingerprint density at radius 3 is 1.20 bits per heavy atom. The molecule has 0 fully saturated rings.